The molecule has 4 aromatic rings. The van der Waals surface area contributed by atoms with Gasteiger partial charge in [-0.25, -0.2) is 14.4 Å². The summed E-state index contributed by atoms with van der Waals surface area (Å²) in [4.78, 5) is 25.1. The van der Waals surface area contributed by atoms with Crippen LogP contribution in [0.1, 0.15) is 21.9 Å². The van der Waals surface area contributed by atoms with Crippen molar-refractivity contribution >= 4 is 11.6 Å². The first-order chi connectivity index (χ1) is 13.5. The number of amides is 1. The molecule has 0 saturated heterocycles. The van der Waals surface area contributed by atoms with Crippen molar-refractivity contribution in [3.05, 3.63) is 72.0 Å². The predicted molar refractivity (Wildman–Crippen MR) is 98.5 cm³/mol. The van der Waals surface area contributed by atoms with Gasteiger partial charge >= 0.3 is 0 Å². The third-order valence-corrected chi connectivity index (χ3v) is 4.03. The molecular weight excluding hydrogens is 363 g/mol. The van der Waals surface area contributed by atoms with E-state index in [-0.39, 0.29) is 5.69 Å². The highest BCUT2D eigenvalue weighted by atomic mass is 19.1. The molecule has 8 nitrogen and oxygen atoms in total. The van der Waals surface area contributed by atoms with Crippen molar-refractivity contribution in [2.24, 2.45) is 0 Å². The van der Waals surface area contributed by atoms with E-state index in [0.29, 0.717) is 34.3 Å². The van der Waals surface area contributed by atoms with E-state index in [1.165, 1.54) is 18.6 Å². The summed E-state index contributed by atoms with van der Waals surface area (Å²) in [6.07, 6.45) is 4.59. The number of carbonyl (C=O) groups excluding carboxylic acids is 1. The first kappa shape index (κ1) is 17.5. The molecule has 1 amide bonds. The lowest BCUT2D eigenvalue weighted by atomic mass is 10.2. The number of hydrogen-bond acceptors (Lipinski definition) is 6. The molecule has 3 heterocycles. The van der Waals surface area contributed by atoms with Crippen LogP contribution in [0.2, 0.25) is 0 Å². The molecule has 140 valence electrons. The van der Waals surface area contributed by atoms with Crippen molar-refractivity contribution in [1.82, 2.24) is 24.7 Å². The van der Waals surface area contributed by atoms with Gasteiger partial charge in [0, 0.05) is 18.1 Å². The average Bonchev–Trinajstić information content (AvgIpc) is 3.34. The monoisotopic (exact) mass is 378 g/mol. The molecule has 1 aromatic carbocycles. The standard InChI is InChI=1S/C19H15FN6O2/c1-11-5-6-13(8-15(11)20)24-18(27)16-9-26(10-22-16)17-14(4-3-7-21-17)19-23-12(2)25-28-19/h3-10H,1-2H3,(H,24,27). The van der Waals surface area contributed by atoms with Crippen LogP contribution in [-0.2, 0) is 0 Å². The second-order valence-electron chi connectivity index (χ2n) is 6.11. The molecule has 0 fully saturated rings. The number of benzene rings is 1. The fourth-order valence-corrected chi connectivity index (χ4v) is 2.60. The van der Waals surface area contributed by atoms with Gasteiger partial charge in [0.1, 0.15) is 17.8 Å². The highest BCUT2D eigenvalue weighted by molar-refractivity contribution is 6.02. The number of halogens is 1. The highest BCUT2D eigenvalue weighted by Gasteiger charge is 2.17. The maximum Gasteiger partial charge on any atom is 0.275 e. The van der Waals surface area contributed by atoms with Crippen molar-refractivity contribution < 1.29 is 13.7 Å². The van der Waals surface area contributed by atoms with Crippen molar-refractivity contribution in [3.63, 3.8) is 0 Å². The third-order valence-electron chi connectivity index (χ3n) is 4.03. The zero-order valence-electron chi connectivity index (χ0n) is 15.0. The Morgan fingerprint density at radius 1 is 1.21 bits per heavy atom. The Labute approximate surface area is 159 Å². The van der Waals surface area contributed by atoms with Gasteiger partial charge in [-0.15, -0.1) is 0 Å². The predicted octanol–water partition coefficient (Wildman–Crippen LogP) is 3.33. The summed E-state index contributed by atoms with van der Waals surface area (Å²) in [7, 11) is 0. The Morgan fingerprint density at radius 3 is 2.82 bits per heavy atom. The van der Waals surface area contributed by atoms with Gasteiger partial charge in [-0.2, -0.15) is 4.98 Å². The summed E-state index contributed by atoms with van der Waals surface area (Å²) in [5.74, 6) is 0.444. The SMILES string of the molecule is Cc1noc(-c2cccnc2-n2cnc(C(=O)Nc3ccc(C)c(F)c3)c2)n1. The largest absolute Gasteiger partial charge is 0.334 e. The van der Waals surface area contributed by atoms with E-state index < -0.39 is 11.7 Å². The third kappa shape index (κ3) is 3.37. The summed E-state index contributed by atoms with van der Waals surface area (Å²) < 4.78 is 20.5. The number of aromatic nitrogens is 5. The van der Waals surface area contributed by atoms with Gasteiger partial charge in [-0.1, -0.05) is 11.2 Å². The Balaban J connectivity index is 1.61. The van der Waals surface area contributed by atoms with Crippen LogP contribution >= 0.6 is 0 Å². The van der Waals surface area contributed by atoms with Crippen LogP contribution in [0.5, 0.6) is 0 Å². The molecule has 0 atom stereocenters. The van der Waals surface area contributed by atoms with Crippen LogP contribution in [0.3, 0.4) is 0 Å². The highest BCUT2D eigenvalue weighted by Crippen LogP contribution is 2.23. The number of anilines is 1. The summed E-state index contributed by atoms with van der Waals surface area (Å²) in [5, 5.41) is 6.41. The number of aryl methyl sites for hydroxylation is 2. The van der Waals surface area contributed by atoms with Crippen molar-refractivity contribution in [3.8, 4) is 17.3 Å². The molecule has 0 radical (unpaired) electrons. The summed E-state index contributed by atoms with van der Waals surface area (Å²) >= 11 is 0. The van der Waals surface area contributed by atoms with Crippen molar-refractivity contribution in [2.75, 3.05) is 5.32 Å². The Morgan fingerprint density at radius 2 is 2.07 bits per heavy atom. The van der Waals surface area contributed by atoms with Crippen LogP contribution in [-0.4, -0.2) is 30.6 Å². The first-order valence-electron chi connectivity index (χ1n) is 8.39. The molecule has 0 spiro atoms. The van der Waals surface area contributed by atoms with E-state index in [1.807, 2.05) is 0 Å². The number of hydrogen-bond donors (Lipinski definition) is 1. The number of imidazole rings is 1. The molecule has 0 saturated carbocycles. The average molecular weight is 378 g/mol. The molecular formula is C19H15FN6O2. The number of nitrogens with zero attached hydrogens (tertiary/aromatic N) is 5. The fourth-order valence-electron chi connectivity index (χ4n) is 2.60. The maximum atomic E-state index is 13.7. The molecule has 0 aliphatic heterocycles. The molecule has 3 aromatic heterocycles. The summed E-state index contributed by atoms with van der Waals surface area (Å²) in [5.41, 5.74) is 1.61. The summed E-state index contributed by atoms with van der Waals surface area (Å²) in [6, 6.07) is 8.01. The Kier molecular flexibility index (Phi) is 4.40. The maximum absolute atomic E-state index is 13.7. The Hall–Kier alpha value is -3.88. The number of nitrogens with one attached hydrogen (secondary N) is 1. The van der Waals surface area contributed by atoms with Crippen LogP contribution in [0.4, 0.5) is 10.1 Å². The second kappa shape index (κ2) is 7.03. The minimum atomic E-state index is -0.465. The lowest BCUT2D eigenvalue weighted by molar-refractivity contribution is 0.102. The lowest BCUT2D eigenvalue weighted by Crippen LogP contribution is -2.12. The molecule has 0 aliphatic carbocycles. The molecule has 0 unspecified atom stereocenters. The van der Waals surface area contributed by atoms with Gasteiger partial charge in [-0.3, -0.25) is 9.36 Å². The van der Waals surface area contributed by atoms with E-state index in [0.717, 1.165) is 0 Å². The van der Waals surface area contributed by atoms with Crippen LogP contribution in [0.25, 0.3) is 17.3 Å². The minimum Gasteiger partial charge on any atom is -0.334 e. The normalized spacial score (nSPS) is 10.8. The number of pyridine rings is 1. The fraction of sp³-hybridized carbons (Fsp3) is 0.105. The lowest BCUT2D eigenvalue weighted by Gasteiger charge is -2.05. The smallest absolute Gasteiger partial charge is 0.275 e. The van der Waals surface area contributed by atoms with E-state index in [2.05, 4.69) is 25.4 Å². The Bertz CT molecular complexity index is 1170. The quantitative estimate of drug-likeness (QED) is 0.585. The van der Waals surface area contributed by atoms with E-state index in [1.54, 1.807) is 48.9 Å². The molecule has 1 N–H and O–H groups in total. The topological polar surface area (TPSA) is 98.7 Å². The second-order valence-corrected chi connectivity index (χ2v) is 6.11. The van der Waals surface area contributed by atoms with Gasteiger partial charge < -0.3 is 9.84 Å². The summed E-state index contributed by atoms with van der Waals surface area (Å²) in [6.45, 7) is 3.37. The molecule has 4 rings (SSSR count). The zero-order chi connectivity index (χ0) is 19.7. The molecule has 28 heavy (non-hydrogen) atoms. The van der Waals surface area contributed by atoms with E-state index >= 15 is 0 Å². The van der Waals surface area contributed by atoms with Gasteiger partial charge in [0.15, 0.2) is 11.6 Å². The zero-order valence-corrected chi connectivity index (χ0v) is 15.0. The van der Waals surface area contributed by atoms with Gasteiger partial charge in [0.25, 0.3) is 11.8 Å². The van der Waals surface area contributed by atoms with Gasteiger partial charge in [0.05, 0.1) is 5.56 Å². The van der Waals surface area contributed by atoms with Gasteiger partial charge in [-0.05, 0) is 43.7 Å². The van der Waals surface area contributed by atoms with Crippen molar-refractivity contribution in [2.45, 2.75) is 13.8 Å². The first-order valence-corrected chi connectivity index (χ1v) is 8.39. The molecule has 9 heteroatoms. The number of carbonyl (C=O) groups is 1. The van der Waals surface area contributed by atoms with Crippen molar-refractivity contribution in [1.29, 1.82) is 0 Å². The van der Waals surface area contributed by atoms with Crippen LogP contribution in [0, 0.1) is 19.7 Å². The van der Waals surface area contributed by atoms with Crippen LogP contribution in [0.15, 0.2) is 53.6 Å². The van der Waals surface area contributed by atoms with Gasteiger partial charge in [0.2, 0.25) is 0 Å². The van der Waals surface area contributed by atoms with Crippen LogP contribution < -0.4 is 5.32 Å². The molecule has 0 bridgehead atoms. The minimum absolute atomic E-state index is 0.152. The number of rotatable bonds is 4. The van der Waals surface area contributed by atoms with E-state index in [9.17, 15) is 9.18 Å². The molecule has 0 aliphatic rings. The van der Waals surface area contributed by atoms with E-state index in [4.69, 9.17) is 4.52 Å².